The molecule has 1 atom stereocenters. The van der Waals surface area contributed by atoms with E-state index < -0.39 is 23.5 Å². The van der Waals surface area contributed by atoms with Crippen molar-refractivity contribution < 1.29 is 24.2 Å². The van der Waals surface area contributed by atoms with Gasteiger partial charge in [0, 0.05) is 23.4 Å². The zero-order chi connectivity index (χ0) is 19.4. The van der Waals surface area contributed by atoms with Gasteiger partial charge >= 0.3 is 11.6 Å². The van der Waals surface area contributed by atoms with Crippen LogP contribution in [0, 0.1) is 6.92 Å². The molecule has 0 saturated carbocycles. The van der Waals surface area contributed by atoms with Crippen molar-refractivity contribution in [2.75, 3.05) is 0 Å². The Bertz CT molecular complexity index is 905. The normalized spacial score (nSPS) is 12.1. The van der Waals surface area contributed by atoms with Crippen LogP contribution in [0.15, 0.2) is 21.3 Å². The molecule has 0 bridgehead atoms. The van der Waals surface area contributed by atoms with E-state index in [1.807, 2.05) is 6.92 Å². The van der Waals surface area contributed by atoms with Crippen molar-refractivity contribution in [1.29, 1.82) is 0 Å². The monoisotopic (exact) mass is 381 g/mol. The zero-order valence-corrected chi connectivity index (χ0v) is 15.2. The molecule has 8 heteroatoms. The molecule has 3 N–H and O–H groups in total. The summed E-state index contributed by atoms with van der Waals surface area (Å²) in [6.45, 7) is 3.53. The predicted octanol–water partition coefficient (Wildman–Crippen LogP) is 2.76. The number of amides is 1. The number of benzene rings is 1. The molecule has 0 aliphatic heterocycles. The first-order chi connectivity index (χ1) is 12.2. The minimum atomic E-state index is -1.09. The summed E-state index contributed by atoms with van der Waals surface area (Å²) in [4.78, 5) is 35.3. The van der Waals surface area contributed by atoms with Crippen LogP contribution < -0.4 is 10.9 Å². The molecule has 0 aliphatic rings. The second kappa shape index (κ2) is 8.23. The van der Waals surface area contributed by atoms with Crippen molar-refractivity contribution in [3.05, 3.63) is 38.7 Å². The largest absolute Gasteiger partial charge is 0.506 e. The van der Waals surface area contributed by atoms with Crippen LogP contribution in [0.3, 0.4) is 0 Å². The van der Waals surface area contributed by atoms with Crippen LogP contribution in [-0.4, -0.2) is 28.1 Å². The van der Waals surface area contributed by atoms with Gasteiger partial charge in [-0.25, -0.2) is 9.59 Å². The van der Waals surface area contributed by atoms with Crippen molar-refractivity contribution in [1.82, 2.24) is 5.32 Å². The van der Waals surface area contributed by atoms with Gasteiger partial charge in [-0.05, 0) is 31.4 Å². The molecule has 0 saturated heterocycles. The van der Waals surface area contributed by atoms with Crippen LogP contribution in [0.4, 0.5) is 0 Å². The molecule has 1 aromatic carbocycles. The molecule has 1 heterocycles. The number of carboxylic acids is 1. The second-order valence-electron chi connectivity index (χ2n) is 6.04. The topological polar surface area (TPSA) is 117 Å². The molecule has 26 heavy (non-hydrogen) atoms. The number of aliphatic carboxylic acids is 1. The fourth-order valence-corrected chi connectivity index (χ4v) is 2.90. The summed E-state index contributed by atoms with van der Waals surface area (Å²) < 4.78 is 5.20. The first-order valence-electron chi connectivity index (χ1n) is 8.21. The summed E-state index contributed by atoms with van der Waals surface area (Å²) >= 11 is 5.91. The summed E-state index contributed by atoms with van der Waals surface area (Å²) in [5.74, 6) is -1.73. The standard InChI is InChI=1S/C18H20ClNO6/c1-3-4-13(17(23)24)20-16(22)6-5-10-9(2)11-7-12(19)14(21)8-15(11)26-18(10)25/h7-8,13,21H,3-6H2,1-2H3,(H,20,22)(H,23,24)/t13-/m1/s1. The van der Waals surface area contributed by atoms with Crippen LogP contribution in [0.2, 0.25) is 5.02 Å². The number of carbonyl (C=O) groups is 2. The van der Waals surface area contributed by atoms with E-state index in [9.17, 15) is 19.5 Å². The number of rotatable bonds is 7. The molecule has 0 radical (unpaired) electrons. The molecule has 2 aromatic rings. The Labute approximate surface area is 154 Å². The van der Waals surface area contributed by atoms with Crippen LogP contribution in [-0.2, 0) is 16.0 Å². The van der Waals surface area contributed by atoms with Crippen molar-refractivity contribution in [3.63, 3.8) is 0 Å². The van der Waals surface area contributed by atoms with Gasteiger partial charge in [0.25, 0.3) is 0 Å². The van der Waals surface area contributed by atoms with E-state index in [0.29, 0.717) is 29.4 Å². The SMILES string of the molecule is CCC[C@@H](NC(=O)CCc1c(C)c2cc(Cl)c(O)cc2oc1=O)C(=O)O. The highest BCUT2D eigenvalue weighted by atomic mass is 35.5. The molecular weight excluding hydrogens is 362 g/mol. The van der Waals surface area contributed by atoms with E-state index in [0.717, 1.165) is 0 Å². The molecule has 1 aromatic heterocycles. The van der Waals surface area contributed by atoms with Crippen molar-refractivity contribution in [2.45, 2.75) is 45.6 Å². The number of carbonyl (C=O) groups excluding carboxylic acids is 1. The third-order valence-corrected chi connectivity index (χ3v) is 4.47. The first-order valence-corrected chi connectivity index (χ1v) is 8.59. The van der Waals surface area contributed by atoms with Crippen molar-refractivity contribution in [3.8, 4) is 5.75 Å². The number of phenolic OH excluding ortho intramolecular Hbond substituents is 1. The Hall–Kier alpha value is -2.54. The van der Waals surface area contributed by atoms with Crippen LogP contribution >= 0.6 is 11.6 Å². The number of halogens is 1. The van der Waals surface area contributed by atoms with Gasteiger partial charge in [0.1, 0.15) is 17.4 Å². The molecule has 0 unspecified atom stereocenters. The number of nitrogens with one attached hydrogen (secondary N) is 1. The maximum atomic E-state index is 12.2. The third kappa shape index (κ3) is 4.35. The molecule has 0 spiro atoms. The van der Waals surface area contributed by atoms with Gasteiger partial charge in [-0.15, -0.1) is 0 Å². The summed E-state index contributed by atoms with van der Waals surface area (Å²) in [5, 5.41) is 21.9. The van der Waals surface area contributed by atoms with Gasteiger partial charge in [-0.1, -0.05) is 24.9 Å². The van der Waals surface area contributed by atoms with Crippen molar-refractivity contribution in [2.24, 2.45) is 0 Å². The Kier molecular flexibility index (Phi) is 6.26. The Morgan fingerprint density at radius 3 is 2.65 bits per heavy atom. The minimum absolute atomic E-state index is 0.0452. The van der Waals surface area contributed by atoms with Gasteiger partial charge in [-0.2, -0.15) is 0 Å². The van der Waals surface area contributed by atoms with Crippen LogP contribution in [0.1, 0.15) is 37.3 Å². The lowest BCUT2D eigenvalue weighted by Crippen LogP contribution is -2.40. The highest BCUT2D eigenvalue weighted by Gasteiger charge is 2.20. The second-order valence-corrected chi connectivity index (χ2v) is 6.45. The zero-order valence-electron chi connectivity index (χ0n) is 14.5. The summed E-state index contributed by atoms with van der Waals surface area (Å²) in [5.41, 5.74) is 0.524. The lowest BCUT2D eigenvalue weighted by Gasteiger charge is -2.14. The minimum Gasteiger partial charge on any atom is -0.506 e. The quantitative estimate of drug-likeness (QED) is 0.635. The van der Waals surface area contributed by atoms with Gasteiger partial charge in [0.05, 0.1) is 5.02 Å². The Morgan fingerprint density at radius 2 is 2.04 bits per heavy atom. The smallest absolute Gasteiger partial charge is 0.339 e. The highest BCUT2D eigenvalue weighted by Crippen LogP contribution is 2.30. The lowest BCUT2D eigenvalue weighted by atomic mass is 10.0. The Balaban J connectivity index is 2.20. The fourth-order valence-electron chi connectivity index (χ4n) is 2.74. The summed E-state index contributed by atoms with van der Waals surface area (Å²) in [6.07, 6.45) is 1.02. The van der Waals surface area contributed by atoms with Gasteiger partial charge in [0.15, 0.2) is 0 Å². The molecule has 0 fully saturated rings. The molecule has 7 nitrogen and oxygen atoms in total. The van der Waals surface area contributed by atoms with Crippen molar-refractivity contribution >= 4 is 34.4 Å². The van der Waals surface area contributed by atoms with E-state index in [1.165, 1.54) is 12.1 Å². The van der Waals surface area contributed by atoms with E-state index in [2.05, 4.69) is 5.32 Å². The summed E-state index contributed by atoms with van der Waals surface area (Å²) in [7, 11) is 0. The molecule has 140 valence electrons. The fraction of sp³-hybridized carbons (Fsp3) is 0.389. The number of fused-ring (bicyclic) bond motifs is 1. The highest BCUT2D eigenvalue weighted by molar-refractivity contribution is 6.32. The van der Waals surface area contributed by atoms with Crippen LogP contribution in [0.25, 0.3) is 11.0 Å². The maximum Gasteiger partial charge on any atom is 0.339 e. The number of carboxylic acid groups (broad SMARTS) is 1. The predicted molar refractivity (Wildman–Crippen MR) is 96.7 cm³/mol. The van der Waals surface area contributed by atoms with Crippen LogP contribution in [0.5, 0.6) is 5.75 Å². The number of hydrogen-bond donors (Lipinski definition) is 3. The lowest BCUT2D eigenvalue weighted by molar-refractivity contribution is -0.142. The van der Waals surface area contributed by atoms with E-state index in [-0.39, 0.29) is 29.2 Å². The van der Waals surface area contributed by atoms with Gasteiger partial charge in [0.2, 0.25) is 5.91 Å². The molecule has 2 rings (SSSR count). The van der Waals surface area contributed by atoms with E-state index >= 15 is 0 Å². The summed E-state index contributed by atoms with van der Waals surface area (Å²) in [6, 6.07) is 1.82. The van der Waals surface area contributed by atoms with Gasteiger partial charge in [-0.3, -0.25) is 4.79 Å². The molecule has 0 aliphatic carbocycles. The number of aryl methyl sites for hydroxylation is 1. The molecular formula is C18H20ClNO6. The van der Waals surface area contributed by atoms with Gasteiger partial charge < -0.3 is 19.9 Å². The number of hydrogen-bond acceptors (Lipinski definition) is 5. The van der Waals surface area contributed by atoms with E-state index in [4.69, 9.17) is 21.1 Å². The van der Waals surface area contributed by atoms with E-state index in [1.54, 1.807) is 6.92 Å². The number of phenols is 1. The number of aromatic hydroxyl groups is 1. The average Bonchev–Trinajstić information content (AvgIpc) is 2.56. The first kappa shape index (κ1) is 19.8. The average molecular weight is 382 g/mol. The Morgan fingerprint density at radius 1 is 1.35 bits per heavy atom. The maximum absolute atomic E-state index is 12.2. The third-order valence-electron chi connectivity index (χ3n) is 4.17. The molecule has 1 amide bonds.